The molecule has 2 nitrogen and oxygen atoms in total. The highest BCUT2D eigenvalue weighted by Gasteiger charge is 2.09. The first kappa shape index (κ1) is 17.0. The van der Waals surface area contributed by atoms with Gasteiger partial charge in [0, 0.05) is 6.54 Å². The monoisotopic (exact) mass is 277 g/mol. The Bertz CT molecular complexity index is 345. The van der Waals surface area contributed by atoms with Gasteiger partial charge in [-0.05, 0) is 63.4 Å². The molecule has 0 aliphatic heterocycles. The molecule has 0 fully saturated rings. The lowest BCUT2D eigenvalue weighted by Gasteiger charge is -2.21. The van der Waals surface area contributed by atoms with Crippen LogP contribution in [-0.4, -0.2) is 30.6 Å². The largest absolute Gasteiger partial charge is 0.508 e. The predicted octanol–water partition coefficient (Wildman–Crippen LogP) is 4.47. The Labute approximate surface area is 124 Å². The second kappa shape index (κ2) is 9.82. The summed E-state index contributed by atoms with van der Waals surface area (Å²) in [6.45, 7) is 3.48. The third kappa shape index (κ3) is 7.54. The minimum Gasteiger partial charge on any atom is -0.508 e. The molecule has 0 bridgehead atoms. The lowest BCUT2D eigenvalue weighted by Crippen LogP contribution is -2.22. The molecule has 1 rings (SSSR count). The van der Waals surface area contributed by atoms with Crippen molar-refractivity contribution in [3.8, 4) is 5.75 Å². The number of phenolic OH excluding ortho intramolecular Hbond substituents is 1. The lowest BCUT2D eigenvalue weighted by atomic mass is 9.94. The van der Waals surface area contributed by atoms with E-state index in [2.05, 4.69) is 25.9 Å². The van der Waals surface area contributed by atoms with Crippen LogP contribution in [-0.2, 0) is 6.42 Å². The van der Waals surface area contributed by atoms with Crippen molar-refractivity contribution in [2.75, 3.05) is 20.6 Å². The minimum absolute atomic E-state index is 0.360. The molecular formula is C18H31NO. The highest BCUT2D eigenvalue weighted by molar-refractivity contribution is 5.25. The Morgan fingerprint density at radius 3 is 2.25 bits per heavy atom. The summed E-state index contributed by atoms with van der Waals surface area (Å²) in [6, 6.07) is 7.64. The smallest absolute Gasteiger partial charge is 0.115 e. The molecule has 0 saturated heterocycles. The molecule has 20 heavy (non-hydrogen) atoms. The van der Waals surface area contributed by atoms with E-state index in [1.165, 1.54) is 50.6 Å². The molecule has 0 amide bonds. The van der Waals surface area contributed by atoms with Crippen LogP contribution < -0.4 is 0 Å². The Hall–Kier alpha value is -1.02. The second-order valence-electron chi connectivity index (χ2n) is 6.18. The van der Waals surface area contributed by atoms with Crippen LogP contribution in [0.1, 0.15) is 51.0 Å². The average Bonchev–Trinajstić information content (AvgIpc) is 2.40. The number of hydrogen-bond donors (Lipinski definition) is 1. The van der Waals surface area contributed by atoms with E-state index in [1.54, 1.807) is 12.1 Å². The maximum absolute atomic E-state index is 9.28. The Balaban J connectivity index is 2.31. The lowest BCUT2D eigenvalue weighted by molar-refractivity contribution is 0.289. The molecule has 114 valence electrons. The number of phenols is 1. The van der Waals surface area contributed by atoms with Crippen LogP contribution in [0.15, 0.2) is 24.3 Å². The Morgan fingerprint density at radius 2 is 1.65 bits per heavy atom. The van der Waals surface area contributed by atoms with Crippen LogP contribution in [0.5, 0.6) is 5.75 Å². The zero-order valence-corrected chi connectivity index (χ0v) is 13.4. The summed E-state index contributed by atoms with van der Waals surface area (Å²) < 4.78 is 0. The van der Waals surface area contributed by atoms with Crippen LogP contribution in [0, 0.1) is 5.92 Å². The number of aromatic hydroxyl groups is 1. The normalized spacial score (nSPS) is 12.8. The first-order valence-corrected chi connectivity index (χ1v) is 8.04. The molecule has 1 unspecified atom stereocenters. The van der Waals surface area contributed by atoms with Gasteiger partial charge in [0.15, 0.2) is 0 Å². The van der Waals surface area contributed by atoms with Crippen molar-refractivity contribution in [2.45, 2.75) is 51.9 Å². The number of hydrogen-bond acceptors (Lipinski definition) is 2. The van der Waals surface area contributed by atoms with Crippen LogP contribution in [0.3, 0.4) is 0 Å². The quantitative estimate of drug-likeness (QED) is 0.638. The summed E-state index contributed by atoms with van der Waals surface area (Å²) in [5.74, 6) is 1.19. The summed E-state index contributed by atoms with van der Waals surface area (Å²) in [4.78, 5) is 2.32. The van der Waals surface area contributed by atoms with E-state index >= 15 is 0 Å². The zero-order chi connectivity index (χ0) is 14.8. The molecular weight excluding hydrogens is 246 g/mol. The van der Waals surface area contributed by atoms with E-state index in [0.717, 1.165) is 12.3 Å². The van der Waals surface area contributed by atoms with Gasteiger partial charge in [-0.2, -0.15) is 0 Å². The summed E-state index contributed by atoms with van der Waals surface area (Å²) in [5.41, 5.74) is 1.33. The van der Waals surface area contributed by atoms with Crippen molar-refractivity contribution >= 4 is 0 Å². The van der Waals surface area contributed by atoms with Gasteiger partial charge < -0.3 is 10.0 Å². The topological polar surface area (TPSA) is 23.5 Å². The molecule has 1 atom stereocenters. The summed E-state index contributed by atoms with van der Waals surface area (Å²) in [7, 11) is 4.35. The molecule has 0 spiro atoms. The Morgan fingerprint density at radius 1 is 1.00 bits per heavy atom. The molecule has 0 radical (unpaired) electrons. The van der Waals surface area contributed by atoms with Gasteiger partial charge in [-0.25, -0.2) is 0 Å². The van der Waals surface area contributed by atoms with Crippen LogP contribution >= 0.6 is 0 Å². The number of unbranched alkanes of at least 4 members (excludes halogenated alkanes) is 2. The molecule has 0 aliphatic rings. The van der Waals surface area contributed by atoms with E-state index in [4.69, 9.17) is 0 Å². The molecule has 2 heteroatoms. The third-order valence-electron chi connectivity index (χ3n) is 3.85. The fourth-order valence-corrected chi connectivity index (χ4v) is 2.78. The van der Waals surface area contributed by atoms with Gasteiger partial charge in [-0.1, -0.05) is 38.3 Å². The fourth-order valence-electron chi connectivity index (χ4n) is 2.78. The van der Waals surface area contributed by atoms with E-state index < -0.39 is 0 Å². The molecule has 1 N–H and O–H groups in total. The maximum Gasteiger partial charge on any atom is 0.115 e. The van der Waals surface area contributed by atoms with Crippen molar-refractivity contribution in [3.05, 3.63) is 29.8 Å². The van der Waals surface area contributed by atoms with Gasteiger partial charge >= 0.3 is 0 Å². The van der Waals surface area contributed by atoms with Crippen molar-refractivity contribution in [2.24, 2.45) is 5.92 Å². The van der Waals surface area contributed by atoms with Crippen LogP contribution in [0.4, 0.5) is 0 Å². The molecule has 0 aliphatic carbocycles. The van der Waals surface area contributed by atoms with E-state index in [9.17, 15) is 5.11 Å². The number of benzene rings is 1. The minimum atomic E-state index is 0.360. The van der Waals surface area contributed by atoms with E-state index in [-0.39, 0.29) is 0 Å². The molecule has 0 heterocycles. The van der Waals surface area contributed by atoms with Crippen molar-refractivity contribution in [3.63, 3.8) is 0 Å². The van der Waals surface area contributed by atoms with E-state index in [1.807, 2.05) is 12.1 Å². The number of nitrogens with zero attached hydrogens (tertiary/aromatic N) is 1. The first-order valence-electron chi connectivity index (χ1n) is 8.04. The van der Waals surface area contributed by atoms with Gasteiger partial charge in [0.2, 0.25) is 0 Å². The molecule has 0 aromatic heterocycles. The Kier molecular flexibility index (Phi) is 8.36. The van der Waals surface area contributed by atoms with Gasteiger partial charge in [0.25, 0.3) is 0 Å². The van der Waals surface area contributed by atoms with Gasteiger partial charge in [-0.15, -0.1) is 0 Å². The second-order valence-corrected chi connectivity index (χ2v) is 6.18. The highest BCUT2D eigenvalue weighted by Crippen LogP contribution is 2.19. The van der Waals surface area contributed by atoms with Crippen molar-refractivity contribution in [1.29, 1.82) is 0 Å². The number of rotatable bonds is 10. The summed E-state index contributed by atoms with van der Waals surface area (Å²) >= 11 is 0. The van der Waals surface area contributed by atoms with Gasteiger partial charge in [0.05, 0.1) is 0 Å². The van der Waals surface area contributed by atoms with Crippen molar-refractivity contribution in [1.82, 2.24) is 4.90 Å². The van der Waals surface area contributed by atoms with Crippen LogP contribution in [0.25, 0.3) is 0 Å². The SMILES string of the molecule is CCCCCC(CCCc1ccc(O)cc1)CN(C)C. The average molecular weight is 277 g/mol. The predicted molar refractivity (Wildman–Crippen MR) is 87.2 cm³/mol. The van der Waals surface area contributed by atoms with Gasteiger partial charge in [-0.3, -0.25) is 0 Å². The first-order chi connectivity index (χ1) is 9.61. The highest BCUT2D eigenvalue weighted by atomic mass is 16.3. The van der Waals surface area contributed by atoms with Crippen molar-refractivity contribution < 1.29 is 5.11 Å². The van der Waals surface area contributed by atoms with Gasteiger partial charge in [0.1, 0.15) is 5.75 Å². The zero-order valence-electron chi connectivity index (χ0n) is 13.4. The molecule has 1 aromatic rings. The summed E-state index contributed by atoms with van der Waals surface area (Å²) in [5, 5.41) is 9.28. The number of aryl methyl sites for hydroxylation is 1. The standard InChI is InChI=1S/C18H31NO/c1-4-5-6-8-17(15-19(2)3)10-7-9-16-11-13-18(20)14-12-16/h11-14,17,20H,4-10,15H2,1-3H3. The third-order valence-corrected chi connectivity index (χ3v) is 3.85. The summed E-state index contributed by atoms with van der Waals surface area (Å²) in [6.07, 6.45) is 9.08. The van der Waals surface area contributed by atoms with Crippen LogP contribution in [0.2, 0.25) is 0 Å². The fraction of sp³-hybridized carbons (Fsp3) is 0.667. The maximum atomic E-state index is 9.28. The molecule has 0 saturated carbocycles. The molecule has 1 aromatic carbocycles. The van der Waals surface area contributed by atoms with E-state index in [0.29, 0.717) is 5.75 Å².